The van der Waals surface area contributed by atoms with Gasteiger partial charge in [0.1, 0.15) is 11.1 Å². The Labute approximate surface area is 110 Å². The molecule has 0 aliphatic heterocycles. The zero-order valence-electron chi connectivity index (χ0n) is 10.1. The van der Waals surface area contributed by atoms with Gasteiger partial charge in [0.15, 0.2) is 9.84 Å². The first-order valence-electron chi connectivity index (χ1n) is 5.05. The molecule has 0 radical (unpaired) electrons. The normalized spacial score (nSPS) is 13.8. The number of nitrogens with one attached hydrogen (secondary N) is 1. The topological polar surface area (TPSA) is 97.4 Å². The maximum Gasteiger partial charge on any atom is 0.251 e. The second kappa shape index (κ2) is 5.25. The van der Waals surface area contributed by atoms with Crippen LogP contribution in [-0.2, 0) is 24.7 Å². The van der Waals surface area contributed by atoms with Crippen LogP contribution in [0.1, 0.15) is 6.92 Å². The van der Waals surface area contributed by atoms with E-state index in [0.717, 1.165) is 37.4 Å². The predicted octanol–water partition coefficient (Wildman–Crippen LogP) is 0.0637. The van der Waals surface area contributed by atoms with Crippen molar-refractivity contribution in [2.75, 3.05) is 6.26 Å². The maximum absolute atomic E-state index is 12.7. The molecule has 1 amide bonds. The van der Waals surface area contributed by atoms with Crippen LogP contribution in [0.4, 0.5) is 4.39 Å². The lowest BCUT2D eigenvalue weighted by Crippen LogP contribution is -2.40. The van der Waals surface area contributed by atoms with Crippen LogP contribution in [0.3, 0.4) is 0 Å². The van der Waals surface area contributed by atoms with Gasteiger partial charge < -0.3 is 0 Å². The molecule has 6 nitrogen and oxygen atoms in total. The summed E-state index contributed by atoms with van der Waals surface area (Å²) in [5.41, 5.74) is 0. The fourth-order valence-electron chi connectivity index (χ4n) is 1.24. The van der Waals surface area contributed by atoms with E-state index in [4.69, 9.17) is 0 Å². The minimum Gasteiger partial charge on any atom is -0.273 e. The van der Waals surface area contributed by atoms with Crippen LogP contribution in [0.2, 0.25) is 0 Å². The van der Waals surface area contributed by atoms with Gasteiger partial charge in [0, 0.05) is 0 Å². The smallest absolute Gasteiger partial charge is 0.251 e. The first-order chi connectivity index (χ1) is 8.54. The number of sulfone groups is 1. The largest absolute Gasteiger partial charge is 0.273 e. The second-order valence-corrected chi connectivity index (χ2v) is 7.90. The molecule has 0 aliphatic rings. The van der Waals surface area contributed by atoms with Gasteiger partial charge in [-0.05, 0) is 31.2 Å². The van der Waals surface area contributed by atoms with Crippen LogP contribution in [-0.4, -0.2) is 34.2 Å². The van der Waals surface area contributed by atoms with E-state index in [2.05, 4.69) is 0 Å². The molecule has 0 bridgehead atoms. The van der Waals surface area contributed by atoms with Crippen molar-refractivity contribution in [3.05, 3.63) is 30.1 Å². The molecule has 1 aromatic carbocycles. The number of sulfonamides is 1. The molecule has 9 heteroatoms. The minimum atomic E-state index is -4.07. The SMILES string of the molecule is C[C@@H](C(=O)NS(C)(=O)=O)S(=O)(=O)c1ccc(F)cc1. The van der Waals surface area contributed by atoms with Gasteiger partial charge in [-0.2, -0.15) is 0 Å². The van der Waals surface area contributed by atoms with Gasteiger partial charge >= 0.3 is 0 Å². The van der Waals surface area contributed by atoms with E-state index in [1.54, 1.807) is 4.72 Å². The number of halogens is 1. The molecule has 0 aliphatic carbocycles. The quantitative estimate of drug-likeness (QED) is 0.793. The van der Waals surface area contributed by atoms with E-state index in [1.807, 2.05) is 0 Å². The molecule has 0 saturated heterocycles. The van der Waals surface area contributed by atoms with Crippen molar-refractivity contribution in [3.63, 3.8) is 0 Å². The van der Waals surface area contributed by atoms with E-state index in [-0.39, 0.29) is 4.90 Å². The summed E-state index contributed by atoms with van der Waals surface area (Å²) in [6, 6.07) is 3.89. The molecule has 0 fully saturated rings. The highest BCUT2D eigenvalue weighted by Gasteiger charge is 2.31. The fourth-order valence-corrected chi connectivity index (χ4v) is 3.12. The Kier molecular flexibility index (Phi) is 4.31. The monoisotopic (exact) mass is 309 g/mol. The van der Waals surface area contributed by atoms with E-state index >= 15 is 0 Å². The molecule has 0 saturated carbocycles. The first kappa shape index (κ1) is 15.6. The van der Waals surface area contributed by atoms with Crippen molar-refractivity contribution in [1.82, 2.24) is 4.72 Å². The molecule has 0 heterocycles. The van der Waals surface area contributed by atoms with Crippen molar-refractivity contribution >= 4 is 25.8 Å². The van der Waals surface area contributed by atoms with E-state index in [0.29, 0.717) is 0 Å². The van der Waals surface area contributed by atoms with Gasteiger partial charge in [-0.15, -0.1) is 0 Å². The molecular weight excluding hydrogens is 297 g/mol. The number of hydrogen-bond acceptors (Lipinski definition) is 5. The number of carbonyl (C=O) groups is 1. The molecule has 0 aromatic heterocycles. The summed E-state index contributed by atoms with van der Waals surface area (Å²) in [7, 11) is -7.91. The number of rotatable bonds is 4. The summed E-state index contributed by atoms with van der Waals surface area (Å²) < 4.78 is 60.0. The van der Waals surface area contributed by atoms with E-state index < -0.39 is 36.8 Å². The number of amides is 1. The van der Waals surface area contributed by atoms with Crippen LogP contribution >= 0.6 is 0 Å². The Morgan fingerprint density at radius 3 is 2.05 bits per heavy atom. The average molecular weight is 309 g/mol. The van der Waals surface area contributed by atoms with E-state index in [9.17, 15) is 26.0 Å². The highest BCUT2D eigenvalue weighted by molar-refractivity contribution is 7.93. The zero-order valence-corrected chi connectivity index (χ0v) is 11.8. The lowest BCUT2D eigenvalue weighted by Gasteiger charge is -2.12. The summed E-state index contributed by atoms with van der Waals surface area (Å²) in [5.74, 6) is -1.78. The van der Waals surface area contributed by atoms with Crippen molar-refractivity contribution in [1.29, 1.82) is 0 Å². The van der Waals surface area contributed by atoms with Gasteiger partial charge in [-0.3, -0.25) is 9.52 Å². The second-order valence-electron chi connectivity index (χ2n) is 3.88. The van der Waals surface area contributed by atoms with Gasteiger partial charge in [0.05, 0.1) is 11.2 Å². The molecule has 1 aromatic rings. The minimum absolute atomic E-state index is 0.259. The summed E-state index contributed by atoms with van der Waals surface area (Å²) in [5, 5.41) is -1.60. The highest BCUT2D eigenvalue weighted by atomic mass is 32.2. The van der Waals surface area contributed by atoms with Crippen LogP contribution < -0.4 is 4.72 Å². The summed E-state index contributed by atoms with van der Waals surface area (Å²) in [4.78, 5) is 11.2. The molecular formula is C10H12FNO5S2. The predicted molar refractivity (Wildman–Crippen MR) is 66.0 cm³/mol. The van der Waals surface area contributed by atoms with E-state index in [1.165, 1.54) is 0 Å². The Morgan fingerprint density at radius 1 is 1.16 bits per heavy atom. The van der Waals surface area contributed by atoms with Crippen LogP contribution in [0.5, 0.6) is 0 Å². The zero-order chi connectivity index (χ0) is 14.8. The Bertz CT molecular complexity index is 679. The fraction of sp³-hybridized carbons (Fsp3) is 0.300. The summed E-state index contributed by atoms with van der Waals surface area (Å²) >= 11 is 0. The number of hydrogen-bond donors (Lipinski definition) is 1. The highest BCUT2D eigenvalue weighted by Crippen LogP contribution is 2.16. The van der Waals surface area contributed by atoms with Crippen LogP contribution in [0.25, 0.3) is 0 Å². The lowest BCUT2D eigenvalue weighted by molar-refractivity contribution is -0.118. The third-order valence-corrected chi connectivity index (χ3v) is 4.91. The third-order valence-electron chi connectivity index (χ3n) is 2.26. The van der Waals surface area contributed by atoms with Gasteiger partial charge in [-0.1, -0.05) is 0 Å². The van der Waals surface area contributed by atoms with Crippen molar-refractivity contribution < 1.29 is 26.0 Å². The molecule has 106 valence electrons. The Balaban J connectivity index is 3.07. The van der Waals surface area contributed by atoms with Gasteiger partial charge in [-0.25, -0.2) is 21.2 Å². The number of benzene rings is 1. The Hall–Kier alpha value is -1.48. The first-order valence-corrected chi connectivity index (χ1v) is 8.49. The van der Waals surface area contributed by atoms with Crippen molar-refractivity contribution in [2.45, 2.75) is 17.1 Å². The number of carbonyl (C=O) groups excluding carboxylic acids is 1. The third kappa shape index (κ3) is 4.00. The van der Waals surface area contributed by atoms with Gasteiger partial charge in [0.2, 0.25) is 10.0 Å². The van der Waals surface area contributed by atoms with Crippen LogP contribution in [0.15, 0.2) is 29.2 Å². The molecule has 19 heavy (non-hydrogen) atoms. The average Bonchev–Trinajstić information content (AvgIpc) is 2.26. The Morgan fingerprint density at radius 2 is 1.63 bits per heavy atom. The summed E-state index contributed by atoms with van der Waals surface area (Å²) in [6.45, 7) is 1.05. The lowest BCUT2D eigenvalue weighted by atomic mass is 10.3. The van der Waals surface area contributed by atoms with Crippen molar-refractivity contribution in [2.24, 2.45) is 0 Å². The molecule has 1 rings (SSSR count). The van der Waals surface area contributed by atoms with Crippen LogP contribution in [0, 0.1) is 5.82 Å². The van der Waals surface area contributed by atoms with Crippen molar-refractivity contribution in [3.8, 4) is 0 Å². The molecule has 0 unspecified atom stereocenters. The summed E-state index contributed by atoms with van der Waals surface area (Å²) in [6.07, 6.45) is 0.738. The maximum atomic E-state index is 12.7. The van der Waals surface area contributed by atoms with Gasteiger partial charge in [0.25, 0.3) is 5.91 Å². The molecule has 1 N–H and O–H groups in total. The molecule has 1 atom stereocenters. The molecule has 0 spiro atoms. The standard InChI is InChI=1S/C10H12FNO5S2/c1-7(10(13)12-18(2,14)15)19(16,17)9-5-3-8(11)4-6-9/h3-7H,1-2H3,(H,12,13)/t7-/m0/s1.